The molecule has 2 aromatic rings. The van der Waals surface area contributed by atoms with Crippen LogP contribution < -0.4 is 11.1 Å². The molecule has 0 saturated heterocycles. The molecule has 0 spiro atoms. The lowest BCUT2D eigenvalue weighted by Gasteiger charge is -2.04. The van der Waals surface area contributed by atoms with Gasteiger partial charge in [0.25, 0.3) is 5.91 Å². The first-order valence-corrected chi connectivity index (χ1v) is 5.32. The Hall–Kier alpha value is -1.82. The van der Waals surface area contributed by atoms with Crippen LogP contribution in [0.25, 0.3) is 0 Å². The van der Waals surface area contributed by atoms with Crippen molar-refractivity contribution in [2.45, 2.75) is 0 Å². The Morgan fingerprint density at radius 1 is 1.56 bits per heavy atom. The summed E-state index contributed by atoms with van der Waals surface area (Å²) in [6, 6.07) is 5.06. The monoisotopic (exact) mass is 280 g/mol. The second kappa shape index (κ2) is 4.36. The molecule has 1 amide bonds. The van der Waals surface area contributed by atoms with E-state index in [9.17, 15) is 4.79 Å². The summed E-state index contributed by atoms with van der Waals surface area (Å²) in [7, 11) is 0. The van der Waals surface area contributed by atoms with E-state index < -0.39 is 0 Å². The van der Waals surface area contributed by atoms with Crippen molar-refractivity contribution in [3.8, 4) is 0 Å². The van der Waals surface area contributed by atoms with E-state index in [1.165, 1.54) is 0 Å². The second-order valence-corrected chi connectivity index (χ2v) is 3.89. The van der Waals surface area contributed by atoms with E-state index in [4.69, 9.17) is 5.73 Å². The average Bonchev–Trinajstić information content (AvgIpc) is 2.68. The van der Waals surface area contributed by atoms with Crippen LogP contribution in [-0.2, 0) is 0 Å². The number of carbonyl (C=O) groups is 1. The van der Waals surface area contributed by atoms with Gasteiger partial charge in [0.1, 0.15) is 10.3 Å². The highest BCUT2D eigenvalue weighted by Crippen LogP contribution is 2.19. The van der Waals surface area contributed by atoms with Crippen LogP contribution in [0.5, 0.6) is 0 Å². The Morgan fingerprint density at radius 2 is 2.38 bits per heavy atom. The zero-order valence-corrected chi connectivity index (χ0v) is 9.78. The second-order valence-electron chi connectivity index (χ2n) is 3.14. The molecule has 5 nitrogen and oxygen atoms in total. The van der Waals surface area contributed by atoms with Crippen LogP contribution >= 0.6 is 15.9 Å². The maximum atomic E-state index is 11.7. The topological polar surface area (TPSA) is 83.8 Å². The molecular formula is C10H9BrN4O. The van der Waals surface area contributed by atoms with Crippen LogP contribution in [0.3, 0.4) is 0 Å². The van der Waals surface area contributed by atoms with Gasteiger partial charge < -0.3 is 16.0 Å². The van der Waals surface area contributed by atoms with Gasteiger partial charge in [-0.25, -0.2) is 4.98 Å². The summed E-state index contributed by atoms with van der Waals surface area (Å²) in [5, 5.41) is 2.70. The standard InChI is InChI=1S/C10H9BrN4O/c11-9-7(2-1-3-13-9)15-10(16)8-4-6(12)5-14-8/h1-5,14H,12H2,(H,15,16). The Labute approximate surface area is 100 Å². The molecule has 0 aliphatic rings. The summed E-state index contributed by atoms with van der Waals surface area (Å²) in [6.07, 6.45) is 3.19. The molecule has 0 aromatic carbocycles. The van der Waals surface area contributed by atoms with Crippen LogP contribution in [0.2, 0.25) is 0 Å². The van der Waals surface area contributed by atoms with Crippen LogP contribution in [0, 0.1) is 0 Å². The summed E-state index contributed by atoms with van der Waals surface area (Å²) in [4.78, 5) is 18.5. The lowest BCUT2D eigenvalue weighted by atomic mass is 10.3. The van der Waals surface area contributed by atoms with Crippen molar-refractivity contribution in [2.24, 2.45) is 0 Å². The maximum Gasteiger partial charge on any atom is 0.272 e. The molecule has 4 N–H and O–H groups in total. The fourth-order valence-corrected chi connectivity index (χ4v) is 1.56. The van der Waals surface area contributed by atoms with E-state index >= 15 is 0 Å². The number of amides is 1. The van der Waals surface area contributed by atoms with Gasteiger partial charge in [-0.3, -0.25) is 4.79 Å². The molecule has 0 radical (unpaired) electrons. The molecule has 0 fully saturated rings. The van der Waals surface area contributed by atoms with Gasteiger partial charge in [0.15, 0.2) is 0 Å². The van der Waals surface area contributed by atoms with Crippen LogP contribution in [0.15, 0.2) is 35.2 Å². The van der Waals surface area contributed by atoms with E-state index in [-0.39, 0.29) is 5.91 Å². The Morgan fingerprint density at radius 3 is 3.00 bits per heavy atom. The number of hydrogen-bond acceptors (Lipinski definition) is 3. The van der Waals surface area contributed by atoms with Crippen molar-refractivity contribution in [2.75, 3.05) is 11.1 Å². The molecule has 2 heterocycles. The zero-order valence-electron chi connectivity index (χ0n) is 8.20. The predicted octanol–water partition coefficient (Wildman–Crippen LogP) is 2.01. The molecule has 16 heavy (non-hydrogen) atoms. The number of hydrogen-bond donors (Lipinski definition) is 3. The number of H-pyrrole nitrogens is 1. The molecule has 6 heteroatoms. The van der Waals surface area contributed by atoms with Gasteiger partial charge in [-0.1, -0.05) is 0 Å². The minimum atomic E-state index is -0.259. The van der Waals surface area contributed by atoms with Gasteiger partial charge in [-0.15, -0.1) is 0 Å². The van der Waals surface area contributed by atoms with Gasteiger partial charge in [0.05, 0.1) is 5.69 Å². The Balaban J connectivity index is 2.17. The first-order valence-electron chi connectivity index (χ1n) is 4.52. The number of aromatic nitrogens is 2. The molecule has 82 valence electrons. The predicted molar refractivity (Wildman–Crippen MR) is 65.1 cm³/mol. The summed E-state index contributed by atoms with van der Waals surface area (Å²) in [6.45, 7) is 0. The quantitative estimate of drug-likeness (QED) is 0.736. The van der Waals surface area contributed by atoms with Crippen LogP contribution in [0.1, 0.15) is 10.5 Å². The molecule has 0 aliphatic heterocycles. The highest BCUT2D eigenvalue weighted by Gasteiger charge is 2.09. The summed E-state index contributed by atoms with van der Waals surface area (Å²) >= 11 is 3.24. The van der Waals surface area contributed by atoms with Crippen LogP contribution in [-0.4, -0.2) is 15.9 Å². The number of halogens is 1. The smallest absolute Gasteiger partial charge is 0.272 e. The van der Waals surface area contributed by atoms with Crippen molar-refractivity contribution >= 4 is 33.2 Å². The molecule has 0 atom stereocenters. The van der Waals surface area contributed by atoms with E-state index in [2.05, 4.69) is 31.2 Å². The lowest BCUT2D eigenvalue weighted by molar-refractivity contribution is 0.102. The van der Waals surface area contributed by atoms with Gasteiger partial charge in [0.2, 0.25) is 0 Å². The first kappa shape index (κ1) is 10.7. The minimum absolute atomic E-state index is 0.259. The minimum Gasteiger partial charge on any atom is -0.397 e. The number of carbonyl (C=O) groups excluding carboxylic acids is 1. The summed E-state index contributed by atoms with van der Waals surface area (Å²) in [5.74, 6) is -0.259. The fraction of sp³-hybridized carbons (Fsp3) is 0. The number of pyridine rings is 1. The molecular weight excluding hydrogens is 272 g/mol. The van der Waals surface area contributed by atoms with Crippen molar-refractivity contribution < 1.29 is 4.79 Å². The van der Waals surface area contributed by atoms with Gasteiger partial charge in [-0.2, -0.15) is 0 Å². The lowest BCUT2D eigenvalue weighted by Crippen LogP contribution is -2.12. The van der Waals surface area contributed by atoms with E-state index in [1.807, 2.05) is 0 Å². The largest absolute Gasteiger partial charge is 0.397 e. The van der Waals surface area contributed by atoms with Crippen molar-refractivity contribution in [1.82, 2.24) is 9.97 Å². The normalized spacial score (nSPS) is 10.1. The molecule has 2 rings (SSSR count). The van der Waals surface area contributed by atoms with E-state index in [1.54, 1.807) is 30.6 Å². The van der Waals surface area contributed by atoms with E-state index in [0.29, 0.717) is 21.7 Å². The number of nitrogens with one attached hydrogen (secondary N) is 2. The van der Waals surface area contributed by atoms with Gasteiger partial charge >= 0.3 is 0 Å². The number of anilines is 2. The fourth-order valence-electron chi connectivity index (χ4n) is 1.21. The molecule has 0 saturated carbocycles. The Bertz CT molecular complexity index is 523. The van der Waals surface area contributed by atoms with Crippen molar-refractivity contribution in [3.05, 3.63) is 40.9 Å². The third kappa shape index (κ3) is 2.22. The molecule has 0 bridgehead atoms. The molecule has 0 unspecified atom stereocenters. The molecule has 2 aromatic heterocycles. The number of nitrogens with zero attached hydrogens (tertiary/aromatic N) is 1. The third-order valence-electron chi connectivity index (χ3n) is 1.96. The van der Waals surface area contributed by atoms with Gasteiger partial charge in [-0.05, 0) is 34.1 Å². The highest BCUT2D eigenvalue weighted by atomic mass is 79.9. The third-order valence-corrected chi connectivity index (χ3v) is 2.59. The van der Waals surface area contributed by atoms with E-state index in [0.717, 1.165) is 0 Å². The summed E-state index contributed by atoms with van der Waals surface area (Å²) in [5.41, 5.74) is 7.05. The van der Waals surface area contributed by atoms with Crippen molar-refractivity contribution in [3.63, 3.8) is 0 Å². The first-order chi connectivity index (χ1) is 7.66. The zero-order chi connectivity index (χ0) is 11.5. The molecule has 0 aliphatic carbocycles. The SMILES string of the molecule is Nc1c[nH]c(C(=O)Nc2cccnc2Br)c1. The number of nitrogens with two attached hydrogens (primary N) is 1. The summed E-state index contributed by atoms with van der Waals surface area (Å²) < 4.78 is 0.586. The number of nitrogen functional groups attached to an aromatic ring is 1. The van der Waals surface area contributed by atoms with Gasteiger partial charge in [0, 0.05) is 18.1 Å². The van der Waals surface area contributed by atoms with Crippen molar-refractivity contribution in [1.29, 1.82) is 0 Å². The number of rotatable bonds is 2. The average molecular weight is 281 g/mol. The number of aromatic amines is 1. The van der Waals surface area contributed by atoms with Crippen LogP contribution in [0.4, 0.5) is 11.4 Å². The maximum absolute atomic E-state index is 11.7. The highest BCUT2D eigenvalue weighted by molar-refractivity contribution is 9.10. The Kier molecular flexibility index (Phi) is 2.91.